The molecule has 0 saturated carbocycles. The molecule has 17 heavy (non-hydrogen) atoms. The van der Waals surface area contributed by atoms with Crippen molar-refractivity contribution < 1.29 is 9.53 Å². The van der Waals surface area contributed by atoms with Gasteiger partial charge in [-0.05, 0) is 19.4 Å². The maximum atomic E-state index is 9.95. The lowest BCUT2D eigenvalue weighted by Gasteiger charge is -2.55. The van der Waals surface area contributed by atoms with Crippen LogP contribution in [0.25, 0.3) is 0 Å². The Morgan fingerprint density at radius 1 is 1.18 bits per heavy atom. The van der Waals surface area contributed by atoms with Crippen molar-refractivity contribution in [2.75, 3.05) is 39.4 Å². The molecule has 0 aromatic carbocycles. The predicted molar refractivity (Wildman–Crippen MR) is 65.4 cm³/mol. The molecule has 1 amide bonds. The van der Waals surface area contributed by atoms with Crippen LogP contribution in [-0.2, 0) is 9.53 Å². The SMILES string of the molecule is O=CNNCCCCCCN1CC2(COC2)C1. The molecule has 5 nitrogen and oxygen atoms in total. The summed E-state index contributed by atoms with van der Waals surface area (Å²) in [4.78, 5) is 12.5. The first-order valence-electron chi connectivity index (χ1n) is 6.57. The van der Waals surface area contributed by atoms with E-state index in [0.717, 1.165) is 26.2 Å². The minimum atomic E-state index is 0.560. The Labute approximate surface area is 103 Å². The second kappa shape index (κ2) is 6.33. The lowest BCUT2D eigenvalue weighted by Crippen LogP contribution is -2.65. The minimum absolute atomic E-state index is 0.560. The van der Waals surface area contributed by atoms with Crippen molar-refractivity contribution in [2.24, 2.45) is 5.41 Å². The molecule has 0 bridgehead atoms. The third-order valence-corrected chi connectivity index (χ3v) is 3.62. The Balaban J connectivity index is 1.34. The van der Waals surface area contributed by atoms with Crippen molar-refractivity contribution in [3.8, 4) is 0 Å². The van der Waals surface area contributed by atoms with Crippen molar-refractivity contribution in [3.63, 3.8) is 0 Å². The van der Waals surface area contributed by atoms with E-state index in [2.05, 4.69) is 15.8 Å². The van der Waals surface area contributed by atoms with E-state index in [4.69, 9.17) is 4.74 Å². The minimum Gasteiger partial charge on any atom is -0.380 e. The second-order valence-electron chi connectivity index (χ2n) is 5.31. The highest BCUT2D eigenvalue weighted by molar-refractivity contribution is 5.44. The third kappa shape index (κ3) is 3.66. The van der Waals surface area contributed by atoms with Crippen molar-refractivity contribution in [1.29, 1.82) is 0 Å². The Hall–Kier alpha value is -0.650. The van der Waals surface area contributed by atoms with Gasteiger partial charge in [0.1, 0.15) is 0 Å². The number of likely N-dealkylation sites (tertiary alicyclic amines) is 1. The van der Waals surface area contributed by atoms with Crippen LogP contribution in [0.1, 0.15) is 25.7 Å². The fraction of sp³-hybridized carbons (Fsp3) is 0.917. The summed E-state index contributed by atoms with van der Waals surface area (Å²) in [6.45, 7) is 6.57. The summed E-state index contributed by atoms with van der Waals surface area (Å²) < 4.78 is 5.25. The number of carbonyl (C=O) groups excluding carboxylic acids is 1. The molecule has 98 valence electrons. The zero-order chi connectivity index (χ0) is 12.0. The zero-order valence-electron chi connectivity index (χ0n) is 10.4. The van der Waals surface area contributed by atoms with Gasteiger partial charge in [0.15, 0.2) is 0 Å². The number of amides is 1. The highest BCUT2D eigenvalue weighted by Gasteiger charge is 2.48. The quantitative estimate of drug-likeness (QED) is 0.342. The molecule has 0 aromatic heterocycles. The summed E-state index contributed by atoms with van der Waals surface area (Å²) in [5.41, 5.74) is 5.85. The molecule has 2 N–H and O–H groups in total. The van der Waals surface area contributed by atoms with Crippen LogP contribution in [0, 0.1) is 5.41 Å². The second-order valence-corrected chi connectivity index (χ2v) is 5.31. The molecule has 1 spiro atoms. The van der Waals surface area contributed by atoms with E-state index in [-0.39, 0.29) is 0 Å². The van der Waals surface area contributed by atoms with Crippen LogP contribution in [0.3, 0.4) is 0 Å². The molecule has 2 aliphatic heterocycles. The van der Waals surface area contributed by atoms with Crippen LogP contribution >= 0.6 is 0 Å². The van der Waals surface area contributed by atoms with Crippen LogP contribution in [0.4, 0.5) is 0 Å². The number of nitrogens with zero attached hydrogens (tertiary/aromatic N) is 1. The molecule has 2 fully saturated rings. The molecule has 0 radical (unpaired) electrons. The summed E-state index contributed by atoms with van der Waals surface area (Å²) in [5.74, 6) is 0. The number of ether oxygens (including phenoxy) is 1. The van der Waals surface area contributed by atoms with Crippen LogP contribution < -0.4 is 10.9 Å². The van der Waals surface area contributed by atoms with Crippen LogP contribution in [-0.4, -0.2) is 50.7 Å². The van der Waals surface area contributed by atoms with E-state index in [1.165, 1.54) is 38.9 Å². The van der Waals surface area contributed by atoms with E-state index in [9.17, 15) is 4.79 Å². The summed E-state index contributed by atoms with van der Waals surface area (Å²) >= 11 is 0. The molecule has 2 rings (SSSR count). The lowest BCUT2D eigenvalue weighted by molar-refractivity contribution is -0.188. The molecule has 2 heterocycles. The molecule has 0 aliphatic carbocycles. The Bertz CT molecular complexity index is 236. The molecular weight excluding hydrogens is 218 g/mol. The van der Waals surface area contributed by atoms with Gasteiger partial charge in [-0.2, -0.15) is 0 Å². The molecule has 0 aromatic rings. The summed E-state index contributed by atoms with van der Waals surface area (Å²) in [6, 6.07) is 0. The number of hydrazine groups is 1. The van der Waals surface area contributed by atoms with E-state index >= 15 is 0 Å². The van der Waals surface area contributed by atoms with Gasteiger partial charge in [0, 0.05) is 25.0 Å². The average Bonchev–Trinajstić information content (AvgIpc) is 2.22. The predicted octanol–water partition coefficient (Wildman–Crippen LogP) is 0.130. The molecule has 5 heteroatoms. The molecule has 2 aliphatic rings. The largest absolute Gasteiger partial charge is 0.380 e. The van der Waals surface area contributed by atoms with Crippen molar-refractivity contribution in [2.45, 2.75) is 25.7 Å². The number of carbonyl (C=O) groups is 1. The Morgan fingerprint density at radius 2 is 1.94 bits per heavy atom. The Morgan fingerprint density at radius 3 is 2.59 bits per heavy atom. The third-order valence-electron chi connectivity index (χ3n) is 3.62. The number of hydrogen-bond acceptors (Lipinski definition) is 4. The van der Waals surface area contributed by atoms with Gasteiger partial charge in [-0.25, -0.2) is 5.43 Å². The smallest absolute Gasteiger partial charge is 0.221 e. The van der Waals surface area contributed by atoms with Crippen molar-refractivity contribution >= 4 is 6.41 Å². The monoisotopic (exact) mass is 241 g/mol. The number of hydrogen-bond donors (Lipinski definition) is 2. The van der Waals surface area contributed by atoms with Crippen molar-refractivity contribution in [3.05, 3.63) is 0 Å². The van der Waals surface area contributed by atoms with Crippen LogP contribution in [0.15, 0.2) is 0 Å². The first-order chi connectivity index (χ1) is 8.35. The fourth-order valence-electron chi connectivity index (χ4n) is 2.65. The normalized spacial score (nSPS) is 21.9. The standard InChI is InChI=1S/C12H23N3O2/c16-11-14-13-5-3-1-2-4-6-15-7-12(8-15)9-17-10-12/h11,13H,1-10H2,(H,14,16). The zero-order valence-corrected chi connectivity index (χ0v) is 10.4. The summed E-state index contributed by atoms with van der Waals surface area (Å²) in [6.07, 6.45) is 5.60. The van der Waals surface area contributed by atoms with E-state index in [0.29, 0.717) is 11.8 Å². The first-order valence-corrected chi connectivity index (χ1v) is 6.57. The molecular formula is C12H23N3O2. The number of nitrogens with one attached hydrogen (secondary N) is 2. The highest BCUT2D eigenvalue weighted by atomic mass is 16.5. The maximum absolute atomic E-state index is 9.95. The lowest BCUT2D eigenvalue weighted by atomic mass is 9.78. The fourth-order valence-corrected chi connectivity index (χ4v) is 2.65. The van der Waals surface area contributed by atoms with Gasteiger partial charge in [-0.1, -0.05) is 12.8 Å². The van der Waals surface area contributed by atoms with Gasteiger partial charge in [-0.15, -0.1) is 0 Å². The van der Waals surface area contributed by atoms with Gasteiger partial charge >= 0.3 is 0 Å². The molecule has 2 saturated heterocycles. The summed E-state index contributed by atoms with van der Waals surface area (Å²) in [7, 11) is 0. The molecule has 0 atom stereocenters. The Kier molecular flexibility index (Phi) is 4.76. The topological polar surface area (TPSA) is 53.6 Å². The van der Waals surface area contributed by atoms with Gasteiger partial charge in [0.25, 0.3) is 0 Å². The van der Waals surface area contributed by atoms with Gasteiger partial charge in [-0.3, -0.25) is 10.2 Å². The van der Waals surface area contributed by atoms with E-state index < -0.39 is 0 Å². The van der Waals surface area contributed by atoms with Gasteiger partial charge in [0.05, 0.1) is 13.2 Å². The summed E-state index contributed by atoms with van der Waals surface area (Å²) in [5, 5.41) is 0. The number of unbranched alkanes of at least 4 members (excludes halogenated alkanes) is 3. The average molecular weight is 241 g/mol. The van der Waals surface area contributed by atoms with Gasteiger partial charge in [0.2, 0.25) is 6.41 Å². The van der Waals surface area contributed by atoms with Crippen LogP contribution in [0.5, 0.6) is 0 Å². The van der Waals surface area contributed by atoms with Crippen molar-refractivity contribution in [1.82, 2.24) is 15.8 Å². The first kappa shape index (κ1) is 12.8. The van der Waals surface area contributed by atoms with Crippen LogP contribution in [0.2, 0.25) is 0 Å². The maximum Gasteiger partial charge on any atom is 0.221 e. The van der Waals surface area contributed by atoms with E-state index in [1.54, 1.807) is 0 Å². The van der Waals surface area contributed by atoms with Gasteiger partial charge < -0.3 is 9.64 Å². The van der Waals surface area contributed by atoms with E-state index in [1.807, 2.05) is 0 Å². The number of rotatable bonds is 9. The highest BCUT2D eigenvalue weighted by Crippen LogP contribution is 2.37. The molecule has 0 unspecified atom stereocenters.